The molecule has 1 N–H and O–H groups in total. The van der Waals surface area contributed by atoms with E-state index in [2.05, 4.69) is 12.2 Å². The molecule has 0 spiro atoms. The fourth-order valence-electron chi connectivity index (χ4n) is 3.38. The van der Waals surface area contributed by atoms with Crippen LogP contribution in [0.1, 0.15) is 58.3 Å². The van der Waals surface area contributed by atoms with E-state index < -0.39 is 10.8 Å². The van der Waals surface area contributed by atoms with E-state index in [9.17, 15) is 4.21 Å². The molecule has 1 saturated heterocycles. The van der Waals surface area contributed by atoms with Crippen LogP contribution >= 0.6 is 0 Å². The number of ether oxygens (including phenoxy) is 1. The van der Waals surface area contributed by atoms with Crippen molar-refractivity contribution < 1.29 is 8.95 Å². The zero-order valence-corrected chi connectivity index (χ0v) is 13.1. The molecule has 2 fully saturated rings. The first kappa shape index (κ1) is 15.5. The summed E-state index contributed by atoms with van der Waals surface area (Å²) in [5.74, 6) is 0. The van der Waals surface area contributed by atoms with Crippen LogP contribution in [0.3, 0.4) is 0 Å². The van der Waals surface area contributed by atoms with E-state index >= 15 is 0 Å². The zero-order chi connectivity index (χ0) is 13.5. The molecule has 0 amide bonds. The highest BCUT2D eigenvalue weighted by Crippen LogP contribution is 2.26. The molecule has 0 aromatic rings. The predicted octanol–water partition coefficient (Wildman–Crippen LogP) is 2.62. The molecule has 112 valence electrons. The molecule has 3 unspecified atom stereocenters. The van der Waals surface area contributed by atoms with Gasteiger partial charge < -0.3 is 10.1 Å². The average Bonchev–Trinajstić information content (AvgIpc) is 2.43. The lowest BCUT2D eigenvalue weighted by Crippen LogP contribution is -2.46. The van der Waals surface area contributed by atoms with Crippen LogP contribution in [-0.4, -0.2) is 40.5 Å². The fourth-order valence-corrected chi connectivity index (χ4v) is 5.49. The van der Waals surface area contributed by atoms with Gasteiger partial charge in [0.25, 0.3) is 0 Å². The summed E-state index contributed by atoms with van der Waals surface area (Å²) in [7, 11) is -0.686. The van der Waals surface area contributed by atoms with E-state index in [4.69, 9.17) is 4.74 Å². The Bertz CT molecular complexity index is 279. The molecule has 0 bridgehead atoms. The molecule has 4 heteroatoms. The molecule has 1 aliphatic heterocycles. The standard InChI is InChI=1S/C15H29NO2S/c1-2-16-14-7-5-3-4-6-8-15(14)19(17)13-9-11-18-12-10-13/h13-16H,2-12H2,1H3. The van der Waals surface area contributed by atoms with Gasteiger partial charge in [0, 0.05) is 35.3 Å². The molecule has 3 atom stereocenters. The van der Waals surface area contributed by atoms with Crippen LogP contribution in [0.15, 0.2) is 0 Å². The Morgan fingerprint density at radius 3 is 2.42 bits per heavy atom. The number of rotatable bonds is 4. The van der Waals surface area contributed by atoms with E-state index in [0.717, 1.165) is 39.0 Å². The van der Waals surface area contributed by atoms with Crippen molar-refractivity contribution in [1.29, 1.82) is 0 Å². The molecule has 1 aliphatic carbocycles. The highest BCUT2D eigenvalue weighted by atomic mass is 32.2. The Balaban J connectivity index is 1.99. The first-order valence-corrected chi connectivity index (χ1v) is 9.31. The van der Waals surface area contributed by atoms with Crippen LogP contribution in [0.25, 0.3) is 0 Å². The molecule has 1 saturated carbocycles. The van der Waals surface area contributed by atoms with Gasteiger partial charge in [-0.05, 0) is 32.2 Å². The molecule has 1 heterocycles. The van der Waals surface area contributed by atoms with Gasteiger partial charge in [-0.3, -0.25) is 4.21 Å². The monoisotopic (exact) mass is 287 g/mol. The fraction of sp³-hybridized carbons (Fsp3) is 1.00. The number of hydrogen-bond donors (Lipinski definition) is 1. The van der Waals surface area contributed by atoms with Crippen LogP contribution in [0.5, 0.6) is 0 Å². The number of hydrogen-bond acceptors (Lipinski definition) is 3. The summed E-state index contributed by atoms with van der Waals surface area (Å²) >= 11 is 0. The summed E-state index contributed by atoms with van der Waals surface area (Å²) in [5.41, 5.74) is 0. The summed E-state index contributed by atoms with van der Waals surface area (Å²) in [6, 6.07) is 0.467. The van der Waals surface area contributed by atoms with Gasteiger partial charge in [-0.15, -0.1) is 0 Å². The molecule has 2 rings (SSSR count). The Kier molecular flexibility index (Phi) is 6.82. The van der Waals surface area contributed by atoms with Crippen molar-refractivity contribution in [2.75, 3.05) is 19.8 Å². The van der Waals surface area contributed by atoms with Crippen molar-refractivity contribution in [2.24, 2.45) is 0 Å². The second kappa shape index (κ2) is 8.38. The second-order valence-electron chi connectivity index (χ2n) is 5.83. The van der Waals surface area contributed by atoms with E-state index in [1.54, 1.807) is 0 Å². The molecular formula is C15H29NO2S. The Hall–Kier alpha value is 0.0700. The predicted molar refractivity (Wildman–Crippen MR) is 80.9 cm³/mol. The normalized spacial score (nSPS) is 32.5. The minimum Gasteiger partial charge on any atom is -0.381 e. The quantitative estimate of drug-likeness (QED) is 0.864. The molecule has 0 radical (unpaired) electrons. The molecule has 3 nitrogen and oxygen atoms in total. The Morgan fingerprint density at radius 1 is 1.05 bits per heavy atom. The van der Waals surface area contributed by atoms with Crippen LogP contribution in [0.2, 0.25) is 0 Å². The first-order chi connectivity index (χ1) is 9.33. The minimum absolute atomic E-state index is 0.364. The lowest BCUT2D eigenvalue weighted by molar-refractivity contribution is 0.0989. The maximum atomic E-state index is 12.9. The van der Waals surface area contributed by atoms with E-state index in [-0.39, 0.29) is 0 Å². The third kappa shape index (κ3) is 4.54. The lowest BCUT2D eigenvalue weighted by Gasteiger charge is -2.33. The van der Waals surface area contributed by atoms with Gasteiger partial charge in [-0.25, -0.2) is 0 Å². The zero-order valence-electron chi connectivity index (χ0n) is 12.2. The SMILES string of the molecule is CCNC1CCCCCCC1S(=O)C1CCOCC1. The van der Waals surface area contributed by atoms with Crippen molar-refractivity contribution in [1.82, 2.24) is 5.32 Å². The minimum atomic E-state index is -0.686. The highest BCUT2D eigenvalue weighted by Gasteiger charge is 2.32. The Morgan fingerprint density at radius 2 is 1.74 bits per heavy atom. The Labute approximate surface area is 120 Å². The van der Waals surface area contributed by atoms with E-state index in [0.29, 0.717) is 16.5 Å². The molecular weight excluding hydrogens is 258 g/mol. The molecule has 0 aromatic carbocycles. The van der Waals surface area contributed by atoms with Crippen molar-refractivity contribution >= 4 is 10.8 Å². The molecule has 0 aromatic heterocycles. The van der Waals surface area contributed by atoms with Crippen LogP contribution in [-0.2, 0) is 15.5 Å². The molecule has 2 aliphatic rings. The maximum Gasteiger partial charge on any atom is 0.0504 e. The van der Waals surface area contributed by atoms with Crippen LogP contribution in [0, 0.1) is 0 Å². The highest BCUT2D eigenvalue weighted by molar-refractivity contribution is 7.86. The lowest BCUT2D eigenvalue weighted by atomic mass is 9.96. The van der Waals surface area contributed by atoms with Gasteiger partial charge in [0.1, 0.15) is 0 Å². The van der Waals surface area contributed by atoms with Gasteiger partial charge in [0.05, 0.1) is 5.25 Å². The maximum absolute atomic E-state index is 12.9. The van der Waals surface area contributed by atoms with Crippen molar-refractivity contribution in [3.8, 4) is 0 Å². The third-order valence-corrected chi connectivity index (χ3v) is 6.75. The van der Waals surface area contributed by atoms with Gasteiger partial charge in [0.2, 0.25) is 0 Å². The molecule has 19 heavy (non-hydrogen) atoms. The van der Waals surface area contributed by atoms with Gasteiger partial charge >= 0.3 is 0 Å². The van der Waals surface area contributed by atoms with Gasteiger partial charge in [0.15, 0.2) is 0 Å². The van der Waals surface area contributed by atoms with Crippen molar-refractivity contribution in [3.05, 3.63) is 0 Å². The van der Waals surface area contributed by atoms with Crippen LogP contribution in [0.4, 0.5) is 0 Å². The third-order valence-electron chi connectivity index (χ3n) is 4.46. The van der Waals surface area contributed by atoms with Crippen molar-refractivity contribution in [2.45, 2.75) is 74.8 Å². The van der Waals surface area contributed by atoms with E-state index in [1.807, 2.05) is 0 Å². The average molecular weight is 287 g/mol. The van der Waals surface area contributed by atoms with Gasteiger partial charge in [-0.1, -0.05) is 32.6 Å². The summed E-state index contributed by atoms with van der Waals surface area (Å²) in [5, 5.41) is 4.34. The summed E-state index contributed by atoms with van der Waals surface area (Å²) < 4.78 is 18.3. The first-order valence-electron chi connectivity index (χ1n) is 8.03. The summed E-state index contributed by atoms with van der Waals surface area (Å²) in [6.07, 6.45) is 9.53. The van der Waals surface area contributed by atoms with Crippen molar-refractivity contribution in [3.63, 3.8) is 0 Å². The summed E-state index contributed by atoms with van der Waals surface area (Å²) in [4.78, 5) is 0. The largest absolute Gasteiger partial charge is 0.381 e. The van der Waals surface area contributed by atoms with Gasteiger partial charge in [-0.2, -0.15) is 0 Å². The summed E-state index contributed by atoms with van der Waals surface area (Å²) in [6.45, 7) is 4.75. The number of nitrogens with one attached hydrogen (secondary N) is 1. The smallest absolute Gasteiger partial charge is 0.0504 e. The van der Waals surface area contributed by atoms with Crippen LogP contribution < -0.4 is 5.32 Å². The second-order valence-corrected chi connectivity index (χ2v) is 7.76. The van der Waals surface area contributed by atoms with E-state index in [1.165, 1.54) is 32.1 Å². The topological polar surface area (TPSA) is 38.3 Å².